The summed E-state index contributed by atoms with van der Waals surface area (Å²) in [5.41, 5.74) is -0.304. The molecule has 0 unspecified atom stereocenters. The average molecular weight is 410 g/mol. The van der Waals surface area contributed by atoms with Gasteiger partial charge in [-0.2, -0.15) is 0 Å². The van der Waals surface area contributed by atoms with Crippen LogP contribution in [0.4, 0.5) is 4.79 Å². The molecule has 0 radical (unpaired) electrons. The van der Waals surface area contributed by atoms with E-state index in [1.165, 1.54) is 4.90 Å². The van der Waals surface area contributed by atoms with Crippen LogP contribution in [0.1, 0.15) is 32.3 Å². The molecule has 0 spiro atoms. The normalized spacial score (nSPS) is 26.7. The lowest BCUT2D eigenvalue weighted by molar-refractivity contribution is -0.913. The minimum atomic E-state index is -1.08. The van der Waals surface area contributed by atoms with Crippen molar-refractivity contribution in [2.24, 2.45) is 5.92 Å². The topological polar surface area (TPSA) is 80.2 Å². The zero-order valence-corrected chi connectivity index (χ0v) is 17.4. The quantitative estimate of drug-likeness (QED) is 0.577. The van der Waals surface area contributed by atoms with E-state index in [1.54, 1.807) is 6.92 Å². The van der Waals surface area contributed by atoms with Crippen molar-refractivity contribution in [1.82, 2.24) is 10.2 Å². The molecule has 2 aliphatic heterocycles. The fourth-order valence-corrected chi connectivity index (χ4v) is 4.44. The van der Waals surface area contributed by atoms with Gasteiger partial charge in [0, 0.05) is 12.8 Å². The number of rotatable bonds is 5. The van der Waals surface area contributed by atoms with Crippen LogP contribution in [0, 0.1) is 5.92 Å². The summed E-state index contributed by atoms with van der Waals surface area (Å²) in [6, 6.07) is 13.4. The molecule has 2 aromatic carbocycles. The number of benzene rings is 2. The Morgan fingerprint density at radius 2 is 1.87 bits per heavy atom. The SMILES string of the molecule is CCOC(=O)C1CC[NH+](CN2C(=O)N[C@](C)(c3ccc4ccccc4c3)C2=O)CC1. The first-order chi connectivity index (χ1) is 14.4. The molecule has 7 heteroatoms. The minimum absolute atomic E-state index is 0.0836. The lowest BCUT2D eigenvalue weighted by atomic mass is 9.90. The van der Waals surface area contributed by atoms with Gasteiger partial charge in [-0.3, -0.25) is 9.59 Å². The molecule has 2 fully saturated rings. The predicted octanol–water partition coefficient (Wildman–Crippen LogP) is 1.42. The largest absolute Gasteiger partial charge is 0.466 e. The van der Waals surface area contributed by atoms with Crippen LogP contribution >= 0.6 is 0 Å². The number of imide groups is 1. The maximum atomic E-state index is 13.3. The molecule has 0 saturated carbocycles. The molecule has 1 atom stereocenters. The molecule has 0 aliphatic carbocycles. The molecule has 2 aliphatic rings. The van der Waals surface area contributed by atoms with E-state index in [2.05, 4.69) is 5.32 Å². The van der Waals surface area contributed by atoms with E-state index in [0.29, 0.717) is 26.1 Å². The fraction of sp³-hybridized carbons (Fsp3) is 0.435. The highest BCUT2D eigenvalue weighted by Gasteiger charge is 2.50. The number of hydrogen-bond donors (Lipinski definition) is 2. The summed E-state index contributed by atoms with van der Waals surface area (Å²) in [5.74, 6) is -0.460. The number of ether oxygens (including phenoxy) is 1. The fourth-order valence-electron chi connectivity index (χ4n) is 4.44. The number of likely N-dealkylation sites (tertiary alicyclic amines) is 1. The van der Waals surface area contributed by atoms with Crippen molar-refractivity contribution >= 4 is 28.7 Å². The molecule has 4 rings (SSSR count). The highest BCUT2D eigenvalue weighted by molar-refractivity contribution is 6.07. The third-order valence-electron chi connectivity index (χ3n) is 6.30. The standard InChI is InChI=1S/C23H27N3O4/c1-3-30-20(27)17-10-12-25(13-11-17)15-26-21(28)23(2,24-22(26)29)19-9-8-16-6-4-5-7-18(16)14-19/h4-9,14,17H,3,10-13,15H2,1-2H3,(H,24,29)/p+1/t23-/m1/s1. The predicted molar refractivity (Wildman–Crippen MR) is 112 cm³/mol. The number of amides is 3. The maximum absolute atomic E-state index is 13.3. The Bertz CT molecular complexity index is 983. The zero-order chi connectivity index (χ0) is 21.3. The van der Waals surface area contributed by atoms with Crippen molar-refractivity contribution in [1.29, 1.82) is 0 Å². The summed E-state index contributed by atoms with van der Waals surface area (Å²) in [5, 5.41) is 5.02. The molecule has 30 heavy (non-hydrogen) atoms. The Labute approximate surface area is 176 Å². The highest BCUT2D eigenvalue weighted by Crippen LogP contribution is 2.30. The number of piperidine rings is 1. The molecule has 2 N–H and O–H groups in total. The van der Waals surface area contributed by atoms with Crippen LogP contribution in [-0.2, 0) is 19.9 Å². The number of esters is 1. The van der Waals surface area contributed by atoms with Crippen molar-refractivity contribution < 1.29 is 24.0 Å². The molecule has 2 saturated heterocycles. The summed E-state index contributed by atoms with van der Waals surface area (Å²) in [6.07, 6.45) is 1.42. The first kappa shape index (κ1) is 20.3. The summed E-state index contributed by atoms with van der Waals surface area (Å²) >= 11 is 0. The van der Waals surface area contributed by atoms with Crippen LogP contribution in [0.2, 0.25) is 0 Å². The molecule has 0 bridgehead atoms. The van der Waals surface area contributed by atoms with Gasteiger partial charge in [0.05, 0.1) is 25.6 Å². The van der Waals surface area contributed by atoms with Crippen LogP contribution in [0.25, 0.3) is 10.8 Å². The second-order valence-corrected chi connectivity index (χ2v) is 8.28. The lowest BCUT2D eigenvalue weighted by Crippen LogP contribution is -3.14. The van der Waals surface area contributed by atoms with Gasteiger partial charge < -0.3 is 15.0 Å². The van der Waals surface area contributed by atoms with E-state index in [9.17, 15) is 14.4 Å². The summed E-state index contributed by atoms with van der Waals surface area (Å²) in [4.78, 5) is 40.3. The number of nitrogens with zero attached hydrogens (tertiary/aromatic N) is 1. The Balaban J connectivity index is 1.45. The number of carbonyl (C=O) groups is 3. The van der Waals surface area contributed by atoms with Crippen molar-refractivity contribution in [3.05, 3.63) is 48.0 Å². The third-order valence-corrected chi connectivity index (χ3v) is 6.30. The van der Waals surface area contributed by atoms with E-state index in [-0.39, 0.29) is 23.8 Å². The second-order valence-electron chi connectivity index (χ2n) is 8.28. The smallest absolute Gasteiger partial charge is 0.329 e. The number of urea groups is 1. The second kappa shape index (κ2) is 8.07. The maximum Gasteiger partial charge on any atom is 0.329 e. The van der Waals surface area contributed by atoms with E-state index in [1.807, 2.05) is 49.4 Å². The first-order valence-corrected chi connectivity index (χ1v) is 10.6. The van der Waals surface area contributed by atoms with Crippen molar-refractivity contribution in [2.75, 3.05) is 26.4 Å². The molecule has 2 heterocycles. The van der Waals surface area contributed by atoms with Crippen LogP contribution < -0.4 is 10.2 Å². The van der Waals surface area contributed by atoms with Crippen LogP contribution in [0.3, 0.4) is 0 Å². The first-order valence-electron chi connectivity index (χ1n) is 10.6. The van der Waals surface area contributed by atoms with Crippen molar-refractivity contribution in [3.8, 4) is 0 Å². The number of nitrogens with one attached hydrogen (secondary N) is 2. The zero-order valence-electron chi connectivity index (χ0n) is 17.4. The van der Waals surface area contributed by atoms with Gasteiger partial charge in [0.15, 0.2) is 6.67 Å². The Kier molecular flexibility index (Phi) is 5.47. The van der Waals surface area contributed by atoms with E-state index in [0.717, 1.165) is 34.3 Å². The van der Waals surface area contributed by atoms with Crippen molar-refractivity contribution in [3.63, 3.8) is 0 Å². The van der Waals surface area contributed by atoms with E-state index in [4.69, 9.17) is 4.74 Å². The number of carbonyl (C=O) groups excluding carboxylic acids is 3. The summed E-state index contributed by atoms with van der Waals surface area (Å²) < 4.78 is 5.11. The molecular weight excluding hydrogens is 382 g/mol. The molecule has 7 nitrogen and oxygen atoms in total. The minimum Gasteiger partial charge on any atom is -0.466 e. The van der Waals surface area contributed by atoms with Crippen molar-refractivity contribution in [2.45, 2.75) is 32.2 Å². The highest BCUT2D eigenvalue weighted by atomic mass is 16.5. The molecule has 0 aromatic heterocycles. The van der Waals surface area contributed by atoms with Gasteiger partial charge in [0.2, 0.25) is 0 Å². The number of quaternary nitrogens is 1. The molecule has 158 valence electrons. The van der Waals surface area contributed by atoms with Gasteiger partial charge in [0.25, 0.3) is 5.91 Å². The van der Waals surface area contributed by atoms with Crippen LogP contribution in [0.15, 0.2) is 42.5 Å². The lowest BCUT2D eigenvalue weighted by Gasteiger charge is -2.30. The molecule has 3 amide bonds. The van der Waals surface area contributed by atoms with Crippen LogP contribution in [0.5, 0.6) is 0 Å². The Morgan fingerprint density at radius 1 is 1.17 bits per heavy atom. The Morgan fingerprint density at radius 3 is 2.57 bits per heavy atom. The van der Waals surface area contributed by atoms with Crippen LogP contribution in [-0.4, -0.2) is 49.2 Å². The average Bonchev–Trinajstić information content (AvgIpc) is 2.98. The summed E-state index contributed by atoms with van der Waals surface area (Å²) in [6.45, 7) is 5.73. The van der Waals surface area contributed by atoms with E-state index < -0.39 is 5.54 Å². The van der Waals surface area contributed by atoms with Gasteiger partial charge >= 0.3 is 12.0 Å². The summed E-state index contributed by atoms with van der Waals surface area (Å²) in [7, 11) is 0. The van der Waals surface area contributed by atoms with Gasteiger partial charge in [-0.15, -0.1) is 0 Å². The molecular formula is C23H28N3O4+. The molecule has 2 aromatic rings. The van der Waals surface area contributed by atoms with Gasteiger partial charge in [0.1, 0.15) is 5.54 Å². The van der Waals surface area contributed by atoms with Gasteiger partial charge in [-0.25, -0.2) is 9.69 Å². The van der Waals surface area contributed by atoms with E-state index >= 15 is 0 Å². The monoisotopic (exact) mass is 410 g/mol. The third kappa shape index (κ3) is 3.65. The van der Waals surface area contributed by atoms with Gasteiger partial charge in [-0.05, 0) is 36.2 Å². The van der Waals surface area contributed by atoms with Gasteiger partial charge in [-0.1, -0.05) is 36.4 Å². The number of hydrogen-bond acceptors (Lipinski definition) is 4. The Hall–Kier alpha value is -2.93. The number of fused-ring (bicyclic) bond motifs is 1.